The number of allylic oxidation sites excluding steroid dienone is 2. The van der Waals surface area contributed by atoms with Gasteiger partial charge in [0.1, 0.15) is 17.7 Å². The number of carbonyl (C=O) groups excluding carboxylic acids is 1. The molecule has 2 aliphatic carbocycles. The molecule has 1 aromatic heterocycles. The van der Waals surface area contributed by atoms with Gasteiger partial charge in [-0.3, -0.25) is 4.79 Å². The molecule has 1 saturated carbocycles. The molecule has 2 aliphatic heterocycles. The van der Waals surface area contributed by atoms with Gasteiger partial charge in [-0.15, -0.1) is 0 Å². The molecule has 142 valence electrons. The summed E-state index contributed by atoms with van der Waals surface area (Å²) in [5.41, 5.74) is 0.392. The number of nitrogens with zero attached hydrogens (tertiary/aromatic N) is 2. The highest BCUT2D eigenvalue weighted by Crippen LogP contribution is 2.49. The first-order valence-corrected chi connectivity index (χ1v) is 9.74. The summed E-state index contributed by atoms with van der Waals surface area (Å²) >= 11 is 0. The van der Waals surface area contributed by atoms with Gasteiger partial charge < -0.3 is 14.6 Å². The zero-order valence-corrected chi connectivity index (χ0v) is 15.4. The highest BCUT2D eigenvalue weighted by atomic mass is 19.1. The Morgan fingerprint density at radius 2 is 2.15 bits per heavy atom. The van der Waals surface area contributed by atoms with Gasteiger partial charge in [-0.1, -0.05) is 6.08 Å². The number of imidazole rings is 1. The summed E-state index contributed by atoms with van der Waals surface area (Å²) in [4.78, 5) is 17.3. The molecule has 0 aromatic carbocycles. The van der Waals surface area contributed by atoms with Crippen molar-refractivity contribution in [1.82, 2.24) is 14.9 Å². The Morgan fingerprint density at radius 1 is 1.33 bits per heavy atom. The fourth-order valence-corrected chi connectivity index (χ4v) is 5.22. The Hall–Kier alpha value is -2.21. The minimum absolute atomic E-state index is 0.101. The molecule has 0 saturated heterocycles. The van der Waals surface area contributed by atoms with E-state index >= 15 is 0 Å². The van der Waals surface area contributed by atoms with E-state index < -0.39 is 11.5 Å². The first-order valence-electron chi connectivity index (χ1n) is 9.74. The zero-order chi connectivity index (χ0) is 18.6. The average Bonchev–Trinajstić information content (AvgIpc) is 3.11. The van der Waals surface area contributed by atoms with Crippen molar-refractivity contribution in [3.8, 4) is 0 Å². The van der Waals surface area contributed by atoms with E-state index in [1.807, 2.05) is 24.4 Å². The van der Waals surface area contributed by atoms with Gasteiger partial charge in [0.2, 0.25) is 0 Å². The number of halogens is 1. The van der Waals surface area contributed by atoms with E-state index in [9.17, 15) is 9.18 Å². The van der Waals surface area contributed by atoms with Crippen molar-refractivity contribution in [2.45, 2.75) is 56.2 Å². The fourth-order valence-electron chi connectivity index (χ4n) is 5.22. The average molecular weight is 369 g/mol. The standard InChI is InChI=1S/C21H24FN3O2/c1-27-15-4-2-13(3-5-15)16-12-25-18-7-9-23-20-17(26)10-14(22)11-21(18,20)8-6-19(25)24-16/h6-9,11-13,15,18,20,23H,2-5,10H2,1H3. The molecule has 5 rings (SSSR count). The quantitative estimate of drug-likeness (QED) is 0.868. The Labute approximate surface area is 158 Å². The van der Waals surface area contributed by atoms with Crippen molar-refractivity contribution in [3.05, 3.63) is 48.0 Å². The molecule has 3 unspecified atom stereocenters. The Balaban J connectivity index is 1.51. The number of Topliss-reactive ketones (excluding diaryl/α,β-unsaturated/α-hetero) is 1. The smallest absolute Gasteiger partial charge is 0.163 e. The van der Waals surface area contributed by atoms with Crippen LogP contribution in [0.4, 0.5) is 4.39 Å². The van der Waals surface area contributed by atoms with E-state index in [1.54, 1.807) is 13.2 Å². The molecule has 4 aliphatic rings. The third kappa shape index (κ3) is 2.53. The number of nitrogens with one attached hydrogen (secondary N) is 1. The van der Waals surface area contributed by atoms with E-state index in [4.69, 9.17) is 9.72 Å². The highest BCUT2D eigenvalue weighted by Gasteiger charge is 2.51. The normalized spacial score (nSPS) is 37.1. The molecule has 0 radical (unpaired) electrons. The summed E-state index contributed by atoms with van der Waals surface area (Å²) < 4.78 is 21.8. The molecular formula is C21H24FN3O2. The topological polar surface area (TPSA) is 56.2 Å². The number of fused-ring (bicyclic) bond motifs is 2. The molecule has 3 heterocycles. The second-order valence-corrected chi connectivity index (χ2v) is 8.11. The van der Waals surface area contributed by atoms with Crippen LogP contribution >= 0.6 is 0 Å². The van der Waals surface area contributed by atoms with Gasteiger partial charge in [0.05, 0.1) is 29.7 Å². The van der Waals surface area contributed by atoms with Crippen molar-refractivity contribution in [2.75, 3.05) is 7.11 Å². The second kappa shape index (κ2) is 6.16. The molecule has 0 bridgehead atoms. The summed E-state index contributed by atoms with van der Waals surface area (Å²) in [5, 5.41) is 3.15. The first kappa shape index (κ1) is 16.9. The largest absolute Gasteiger partial charge is 0.381 e. The SMILES string of the molecule is COC1CCC(c2cn3c(n2)C=CC24C=C(F)CC(=O)C2NC=CC34)CC1. The van der Waals surface area contributed by atoms with Gasteiger partial charge in [0.25, 0.3) is 0 Å². The van der Waals surface area contributed by atoms with Crippen LogP contribution in [0, 0.1) is 5.41 Å². The van der Waals surface area contributed by atoms with Crippen LogP contribution in [-0.2, 0) is 9.53 Å². The maximum atomic E-state index is 14.2. The Kier molecular flexibility index (Phi) is 3.86. The van der Waals surface area contributed by atoms with Crippen molar-refractivity contribution >= 4 is 11.9 Å². The van der Waals surface area contributed by atoms with Crippen LogP contribution in [0.3, 0.4) is 0 Å². The minimum atomic E-state index is -0.702. The van der Waals surface area contributed by atoms with Crippen LogP contribution in [0.5, 0.6) is 0 Å². The monoisotopic (exact) mass is 369 g/mol. The highest BCUT2D eigenvalue weighted by molar-refractivity contribution is 5.90. The predicted octanol–water partition coefficient (Wildman–Crippen LogP) is 3.42. The zero-order valence-electron chi connectivity index (χ0n) is 15.4. The lowest BCUT2D eigenvalue weighted by molar-refractivity contribution is -0.123. The molecule has 1 N–H and O–H groups in total. The number of ketones is 1. The number of ether oxygens (including phenoxy) is 1. The maximum Gasteiger partial charge on any atom is 0.163 e. The summed E-state index contributed by atoms with van der Waals surface area (Å²) in [5.74, 6) is 0.868. The molecule has 3 atom stereocenters. The Morgan fingerprint density at radius 3 is 2.93 bits per heavy atom. The molecule has 0 amide bonds. The predicted molar refractivity (Wildman–Crippen MR) is 99.6 cm³/mol. The van der Waals surface area contributed by atoms with Crippen LogP contribution < -0.4 is 5.32 Å². The Bertz CT molecular complexity index is 863. The molecular weight excluding hydrogens is 345 g/mol. The summed E-state index contributed by atoms with van der Waals surface area (Å²) in [6, 6.07) is -0.574. The van der Waals surface area contributed by atoms with Crippen LogP contribution in [-0.4, -0.2) is 34.6 Å². The molecule has 1 aromatic rings. The molecule has 27 heavy (non-hydrogen) atoms. The summed E-state index contributed by atoms with van der Waals surface area (Å²) in [6.45, 7) is 0. The van der Waals surface area contributed by atoms with Gasteiger partial charge >= 0.3 is 0 Å². The number of hydrogen-bond acceptors (Lipinski definition) is 4. The molecule has 1 fully saturated rings. The van der Waals surface area contributed by atoms with Gasteiger partial charge in [0.15, 0.2) is 5.78 Å². The van der Waals surface area contributed by atoms with E-state index in [2.05, 4.69) is 16.1 Å². The third-order valence-electron chi connectivity index (χ3n) is 6.65. The van der Waals surface area contributed by atoms with E-state index in [0.717, 1.165) is 37.2 Å². The van der Waals surface area contributed by atoms with Crippen LogP contribution in [0.15, 0.2) is 36.5 Å². The lowest BCUT2D eigenvalue weighted by atomic mass is 9.66. The number of rotatable bonds is 2. The van der Waals surface area contributed by atoms with Gasteiger partial charge in [-0.05, 0) is 50.1 Å². The lowest BCUT2D eigenvalue weighted by Crippen LogP contribution is -2.55. The van der Waals surface area contributed by atoms with Crippen LogP contribution in [0.2, 0.25) is 0 Å². The molecule has 5 nitrogen and oxygen atoms in total. The van der Waals surface area contributed by atoms with E-state index in [0.29, 0.717) is 12.0 Å². The van der Waals surface area contributed by atoms with E-state index in [-0.39, 0.29) is 24.1 Å². The number of carbonyl (C=O) groups is 1. The van der Waals surface area contributed by atoms with Gasteiger partial charge in [-0.2, -0.15) is 0 Å². The van der Waals surface area contributed by atoms with Crippen molar-refractivity contribution in [3.63, 3.8) is 0 Å². The van der Waals surface area contributed by atoms with Gasteiger partial charge in [0, 0.05) is 19.2 Å². The minimum Gasteiger partial charge on any atom is -0.381 e. The number of methoxy groups -OCH3 is 1. The van der Waals surface area contributed by atoms with Crippen LogP contribution in [0.1, 0.15) is 55.6 Å². The molecule has 1 spiro atoms. The maximum absolute atomic E-state index is 14.2. The third-order valence-corrected chi connectivity index (χ3v) is 6.65. The number of hydrogen-bond donors (Lipinski definition) is 1. The van der Waals surface area contributed by atoms with Crippen molar-refractivity contribution in [2.24, 2.45) is 5.41 Å². The summed E-state index contributed by atoms with van der Waals surface area (Å²) in [6.07, 6.45) is 16.0. The van der Waals surface area contributed by atoms with E-state index in [1.165, 1.54) is 0 Å². The molecule has 6 heteroatoms. The lowest BCUT2D eigenvalue weighted by Gasteiger charge is -2.47. The summed E-state index contributed by atoms with van der Waals surface area (Å²) in [7, 11) is 1.78. The second-order valence-electron chi connectivity index (χ2n) is 8.11. The van der Waals surface area contributed by atoms with Crippen molar-refractivity contribution < 1.29 is 13.9 Å². The van der Waals surface area contributed by atoms with Gasteiger partial charge in [-0.25, -0.2) is 9.37 Å². The first-order chi connectivity index (χ1) is 13.1. The number of aromatic nitrogens is 2. The van der Waals surface area contributed by atoms with Crippen molar-refractivity contribution in [1.29, 1.82) is 0 Å². The van der Waals surface area contributed by atoms with Crippen LogP contribution in [0.25, 0.3) is 6.08 Å². The fraction of sp³-hybridized carbons (Fsp3) is 0.524.